The Balaban J connectivity index is 1.87. The van der Waals surface area contributed by atoms with Gasteiger partial charge in [-0.05, 0) is 18.6 Å². The standard InChI is InChI=1S/C12H14N4O3/c13-11-8-2-1-3-9(10(8)19-15-11)16-5-4-7(6-16)14-12(17)18/h1-3,7,14H,4-6H2,(H2,13,15)(H,17,18). The molecule has 1 aromatic carbocycles. The topological polar surface area (TPSA) is 105 Å². The van der Waals surface area contributed by atoms with E-state index in [2.05, 4.69) is 15.4 Å². The molecule has 0 radical (unpaired) electrons. The van der Waals surface area contributed by atoms with E-state index in [-0.39, 0.29) is 6.04 Å². The summed E-state index contributed by atoms with van der Waals surface area (Å²) in [5.41, 5.74) is 7.27. The Morgan fingerprint density at radius 2 is 2.42 bits per heavy atom. The lowest BCUT2D eigenvalue weighted by atomic mass is 10.2. The first kappa shape index (κ1) is 11.6. The molecule has 0 aliphatic carbocycles. The summed E-state index contributed by atoms with van der Waals surface area (Å²) in [5, 5.41) is 15.8. The molecule has 1 unspecified atom stereocenters. The highest BCUT2D eigenvalue weighted by molar-refractivity contribution is 5.95. The first-order valence-corrected chi connectivity index (χ1v) is 6.03. The summed E-state index contributed by atoms with van der Waals surface area (Å²) in [4.78, 5) is 12.7. The van der Waals surface area contributed by atoms with Gasteiger partial charge in [0, 0.05) is 13.1 Å². The van der Waals surface area contributed by atoms with Crippen LogP contribution in [0.15, 0.2) is 22.7 Å². The third-order valence-electron chi connectivity index (χ3n) is 3.36. The lowest BCUT2D eigenvalue weighted by Crippen LogP contribution is -2.36. The van der Waals surface area contributed by atoms with E-state index in [4.69, 9.17) is 15.4 Å². The van der Waals surface area contributed by atoms with Crippen LogP contribution < -0.4 is 16.0 Å². The molecular weight excluding hydrogens is 248 g/mol. The van der Waals surface area contributed by atoms with Crippen LogP contribution >= 0.6 is 0 Å². The second-order valence-corrected chi connectivity index (χ2v) is 4.60. The summed E-state index contributed by atoms with van der Waals surface area (Å²) in [7, 11) is 0. The number of rotatable bonds is 2. The largest absolute Gasteiger partial charge is 0.465 e. The molecule has 1 saturated heterocycles. The number of fused-ring (bicyclic) bond motifs is 1. The van der Waals surface area contributed by atoms with Crippen molar-refractivity contribution in [3.63, 3.8) is 0 Å². The number of carboxylic acid groups (broad SMARTS) is 1. The summed E-state index contributed by atoms with van der Waals surface area (Å²) in [6.45, 7) is 1.39. The molecule has 7 heteroatoms. The lowest BCUT2D eigenvalue weighted by Gasteiger charge is -2.18. The summed E-state index contributed by atoms with van der Waals surface area (Å²) < 4.78 is 5.26. The molecule has 19 heavy (non-hydrogen) atoms. The zero-order valence-electron chi connectivity index (χ0n) is 10.2. The van der Waals surface area contributed by atoms with Gasteiger partial charge in [-0.1, -0.05) is 11.2 Å². The highest BCUT2D eigenvalue weighted by Gasteiger charge is 2.26. The van der Waals surface area contributed by atoms with Crippen molar-refractivity contribution >= 4 is 28.6 Å². The quantitative estimate of drug-likeness (QED) is 0.752. The van der Waals surface area contributed by atoms with E-state index in [1.54, 1.807) is 0 Å². The van der Waals surface area contributed by atoms with Crippen molar-refractivity contribution in [2.75, 3.05) is 23.7 Å². The molecule has 0 bridgehead atoms. The first-order valence-electron chi connectivity index (χ1n) is 6.03. The van der Waals surface area contributed by atoms with Gasteiger partial charge < -0.3 is 25.6 Å². The predicted octanol–water partition coefficient (Wildman–Crippen LogP) is 1.26. The van der Waals surface area contributed by atoms with Crippen LogP contribution in [0.2, 0.25) is 0 Å². The van der Waals surface area contributed by atoms with Crippen LogP contribution in [-0.4, -0.2) is 35.5 Å². The van der Waals surface area contributed by atoms with Gasteiger partial charge in [-0.15, -0.1) is 0 Å². The zero-order valence-corrected chi connectivity index (χ0v) is 10.2. The Morgan fingerprint density at radius 1 is 1.58 bits per heavy atom. The molecular formula is C12H14N4O3. The second kappa shape index (κ2) is 4.34. The molecule has 2 heterocycles. The molecule has 7 nitrogen and oxygen atoms in total. The van der Waals surface area contributed by atoms with Gasteiger partial charge in [-0.2, -0.15) is 0 Å². The van der Waals surface area contributed by atoms with E-state index < -0.39 is 6.09 Å². The summed E-state index contributed by atoms with van der Waals surface area (Å²) in [5.74, 6) is 0.372. The highest BCUT2D eigenvalue weighted by atomic mass is 16.5. The van der Waals surface area contributed by atoms with Gasteiger partial charge in [0.25, 0.3) is 0 Å². The van der Waals surface area contributed by atoms with Crippen molar-refractivity contribution < 1.29 is 14.4 Å². The van der Waals surface area contributed by atoms with Crippen LogP contribution in [0, 0.1) is 0 Å². The number of hydrogen-bond donors (Lipinski definition) is 3. The molecule has 3 rings (SSSR count). The molecule has 1 atom stereocenters. The number of hydrogen-bond acceptors (Lipinski definition) is 5. The molecule has 4 N–H and O–H groups in total. The van der Waals surface area contributed by atoms with Gasteiger partial charge in [-0.25, -0.2) is 4.79 Å². The Morgan fingerprint density at radius 3 is 3.21 bits per heavy atom. The van der Waals surface area contributed by atoms with Crippen molar-refractivity contribution in [2.45, 2.75) is 12.5 Å². The molecule has 1 amide bonds. The molecule has 1 aromatic heterocycles. The number of nitrogens with zero attached hydrogens (tertiary/aromatic N) is 2. The Kier molecular flexibility index (Phi) is 2.66. The SMILES string of the molecule is Nc1noc2c(N3CCC(NC(=O)O)C3)cccc12. The van der Waals surface area contributed by atoms with Crippen molar-refractivity contribution in [3.8, 4) is 0 Å². The van der Waals surface area contributed by atoms with E-state index in [9.17, 15) is 4.79 Å². The smallest absolute Gasteiger partial charge is 0.404 e. The average molecular weight is 262 g/mol. The van der Waals surface area contributed by atoms with Crippen LogP contribution in [0.25, 0.3) is 11.0 Å². The van der Waals surface area contributed by atoms with Gasteiger partial charge in [-0.3, -0.25) is 0 Å². The lowest BCUT2D eigenvalue weighted by molar-refractivity contribution is 0.191. The fourth-order valence-corrected chi connectivity index (χ4v) is 2.49. The minimum absolute atomic E-state index is 0.0620. The number of anilines is 2. The van der Waals surface area contributed by atoms with Crippen LogP contribution in [0.5, 0.6) is 0 Å². The number of nitrogens with one attached hydrogen (secondary N) is 1. The number of carbonyl (C=O) groups is 1. The molecule has 1 aliphatic rings. The Hall–Kier alpha value is -2.44. The number of para-hydroxylation sites is 1. The predicted molar refractivity (Wildman–Crippen MR) is 70.2 cm³/mol. The van der Waals surface area contributed by atoms with Crippen LogP contribution in [0.1, 0.15) is 6.42 Å². The fraction of sp³-hybridized carbons (Fsp3) is 0.333. The van der Waals surface area contributed by atoms with Crippen LogP contribution in [0.3, 0.4) is 0 Å². The van der Waals surface area contributed by atoms with E-state index in [0.29, 0.717) is 17.9 Å². The maximum absolute atomic E-state index is 10.6. The summed E-state index contributed by atoms with van der Waals surface area (Å²) in [6, 6.07) is 5.61. The number of benzene rings is 1. The number of aromatic nitrogens is 1. The van der Waals surface area contributed by atoms with Gasteiger partial charge in [0.05, 0.1) is 17.1 Å². The van der Waals surface area contributed by atoms with E-state index in [1.165, 1.54) is 0 Å². The average Bonchev–Trinajstić information content (AvgIpc) is 2.96. The number of nitrogen functional groups attached to an aromatic ring is 1. The van der Waals surface area contributed by atoms with Crippen molar-refractivity contribution in [2.24, 2.45) is 0 Å². The molecule has 1 aliphatic heterocycles. The van der Waals surface area contributed by atoms with Crippen LogP contribution in [-0.2, 0) is 0 Å². The number of nitrogens with two attached hydrogens (primary N) is 1. The molecule has 0 spiro atoms. The second-order valence-electron chi connectivity index (χ2n) is 4.60. The minimum Gasteiger partial charge on any atom is -0.465 e. The van der Waals surface area contributed by atoms with Gasteiger partial charge in [0.2, 0.25) is 0 Å². The molecule has 2 aromatic rings. The maximum Gasteiger partial charge on any atom is 0.404 e. The summed E-state index contributed by atoms with van der Waals surface area (Å²) >= 11 is 0. The Labute approximate surface area is 109 Å². The third kappa shape index (κ3) is 2.03. The van der Waals surface area contributed by atoms with Crippen molar-refractivity contribution in [1.82, 2.24) is 10.5 Å². The minimum atomic E-state index is -0.992. The molecule has 100 valence electrons. The zero-order chi connectivity index (χ0) is 13.4. The third-order valence-corrected chi connectivity index (χ3v) is 3.36. The first-order chi connectivity index (χ1) is 9.15. The normalized spacial score (nSPS) is 18.9. The molecule has 1 fully saturated rings. The Bertz CT molecular complexity index is 624. The van der Waals surface area contributed by atoms with Gasteiger partial charge in [0.15, 0.2) is 11.4 Å². The monoisotopic (exact) mass is 262 g/mol. The van der Waals surface area contributed by atoms with Gasteiger partial charge in [0.1, 0.15) is 0 Å². The van der Waals surface area contributed by atoms with Crippen molar-refractivity contribution in [1.29, 1.82) is 0 Å². The van der Waals surface area contributed by atoms with E-state index in [1.807, 2.05) is 18.2 Å². The highest BCUT2D eigenvalue weighted by Crippen LogP contribution is 2.31. The van der Waals surface area contributed by atoms with Crippen LogP contribution in [0.4, 0.5) is 16.3 Å². The number of amides is 1. The molecule has 0 saturated carbocycles. The van der Waals surface area contributed by atoms with E-state index >= 15 is 0 Å². The van der Waals surface area contributed by atoms with Crippen molar-refractivity contribution in [3.05, 3.63) is 18.2 Å². The van der Waals surface area contributed by atoms with E-state index in [0.717, 1.165) is 24.0 Å². The fourth-order valence-electron chi connectivity index (χ4n) is 2.49. The van der Waals surface area contributed by atoms with Gasteiger partial charge >= 0.3 is 6.09 Å². The summed E-state index contributed by atoms with van der Waals surface area (Å²) in [6.07, 6.45) is -0.222. The maximum atomic E-state index is 10.6.